The number of amides is 1. The molecule has 0 saturated carbocycles. The van der Waals surface area contributed by atoms with Crippen LogP contribution < -0.4 is 10.6 Å². The van der Waals surface area contributed by atoms with E-state index >= 15 is 0 Å². The predicted molar refractivity (Wildman–Crippen MR) is 107 cm³/mol. The highest BCUT2D eigenvalue weighted by Crippen LogP contribution is 2.10. The summed E-state index contributed by atoms with van der Waals surface area (Å²) in [6, 6.07) is 19.3. The summed E-state index contributed by atoms with van der Waals surface area (Å²) < 4.78 is 5.35. The van der Waals surface area contributed by atoms with E-state index < -0.39 is 23.8 Å². The molecule has 0 spiro atoms. The smallest absolute Gasteiger partial charge is 0.407 e. The average Bonchev–Trinajstić information content (AvgIpc) is 2.61. The van der Waals surface area contributed by atoms with Crippen LogP contribution in [0.2, 0.25) is 0 Å². The van der Waals surface area contributed by atoms with Crippen molar-refractivity contribution in [2.24, 2.45) is 0 Å². The van der Waals surface area contributed by atoms with Crippen LogP contribution in [0.3, 0.4) is 0 Å². The minimum Gasteiger partial charge on any atom is -0.444 e. The van der Waals surface area contributed by atoms with Gasteiger partial charge < -0.3 is 20.5 Å². The first-order valence-electron chi connectivity index (χ1n) is 9.29. The summed E-state index contributed by atoms with van der Waals surface area (Å²) in [6.07, 6.45) is -0.749. The summed E-state index contributed by atoms with van der Waals surface area (Å²) in [5, 5.41) is 16.7. The molecular weight excluding hydrogens is 340 g/mol. The van der Waals surface area contributed by atoms with E-state index in [-0.39, 0.29) is 0 Å². The van der Waals surface area contributed by atoms with Gasteiger partial charge in [0.2, 0.25) is 0 Å². The van der Waals surface area contributed by atoms with Crippen LogP contribution >= 0.6 is 0 Å². The molecule has 0 aromatic heterocycles. The number of rotatable bonds is 8. The average molecular weight is 370 g/mol. The fourth-order valence-corrected chi connectivity index (χ4v) is 2.71. The fraction of sp³-hybridized carbons (Fsp3) is 0.409. The van der Waals surface area contributed by atoms with Crippen LogP contribution in [0.1, 0.15) is 31.9 Å². The molecule has 27 heavy (non-hydrogen) atoms. The van der Waals surface area contributed by atoms with Gasteiger partial charge in [0.1, 0.15) is 5.60 Å². The van der Waals surface area contributed by atoms with E-state index in [9.17, 15) is 9.90 Å². The number of benzene rings is 2. The lowest BCUT2D eigenvalue weighted by molar-refractivity contribution is 0.0422. The monoisotopic (exact) mass is 370 g/mol. The van der Waals surface area contributed by atoms with Gasteiger partial charge in [-0.05, 0) is 38.3 Å². The third kappa shape index (κ3) is 8.24. The molecule has 0 radical (unpaired) electrons. The Morgan fingerprint density at radius 3 is 2.11 bits per heavy atom. The molecule has 3 N–H and O–H groups in total. The minimum absolute atomic E-state index is 0.363. The number of aliphatic hydroxyl groups is 1. The quantitative estimate of drug-likeness (QED) is 0.667. The second-order valence-corrected chi connectivity index (χ2v) is 7.63. The van der Waals surface area contributed by atoms with Gasteiger partial charge in [-0.1, -0.05) is 60.7 Å². The number of hydrogen-bond donors (Lipinski definition) is 3. The van der Waals surface area contributed by atoms with Gasteiger partial charge in [-0.2, -0.15) is 0 Å². The summed E-state index contributed by atoms with van der Waals surface area (Å²) in [5.74, 6) is 0. The maximum atomic E-state index is 12.2. The van der Waals surface area contributed by atoms with Crippen LogP contribution in [0.4, 0.5) is 4.79 Å². The summed E-state index contributed by atoms with van der Waals surface area (Å²) >= 11 is 0. The zero-order chi connectivity index (χ0) is 19.7. The van der Waals surface area contributed by atoms with Gasteiger partial charge >= 0.3 is 6.09 Å². The van der Waals surface area contributed by atoms with Crippen molar-refractivity contribution in [3.8, 4) is 0 Å². The maximum Gasteiger partial charge on any atom is 0.407 e. The lowest BCUT2D eigenvalue weighted by Crippen LogP contribution is -2.49. The summed E-state index contributed by atoms with van der Waals surface area (Å²) in [6.45, 7) is 6.47. The molecule has 146 valence electrons. The molecule has 5 nitrogen and oxygen atoms in total. The first-order chi connectivity index (χ1) is 12.8. The van der Waals surface area contributed by atoms with Gasteiger partial charge in [0.15, 0.2) is 0 Å². The SMILES string of the molecule is CC(C)(C)OC(=O)N[C@@H](Cc1ccccc1)[C@@H](O)CNCc1ccccc1. The topological polar surface area (TPSA) is 70.6 Å². The van der Waals surface area contributed by atoms with Gasteiger partial charge in [-0.15, -0.1) is 0 Å². The van der Waals surface area contributed by atoms with Crippen LogP contribution in [-0.2, 0) is 17.7 Å². The highest BCUT2D eigenvalue weighted by Gasteiger charge is 2.24. The number of alkyl carbamates (subject to hydrolysis) is 1. The van der Waals surface area contributed by atoms with Crippen molar-refractivity contribution >= 4 is 6.09 Å². The third-order valence-corrected chi connectivity index (χ3v) is 3.99. The molecule has 2 rings (SSSR count). The second-order valence-electron chi connectivity index (χ2n) is 7.63. The molecule has 2 aromatic rings. The highest BCUT2D eigenvalue weighted by atomic mass is 16.6. The van der Waals surface area contributed by atoms with Crippen LogP contribution in [-0.4, -0.2) is 35.5 Å². The Morgan fingerprint density at radius 1 is 1.00 bits per heavy atom. The summed E-state index contributed by atoms with van der Waals surface area (Å²) in [4.78, 5) is 12.2. The van der Waals surface area contributed by atoms with Gasteiger partial charge in [0.05, 0.1) is 12.1 Å². The standard InChI is InChI=1S/C22H30N2O3/c1-22(2,3)27-21(26)24-19(14-17-10-6-4-7-11-17)20(25)16-23-15-18-12-8-5-9-13-18/h4-13,19-20,23,25H,14-16H2,1-3H3,(H,24,26)/t19-,20-/m0/s1. The van der Waals surface area contributed by atoms with E-state index in [4.69, 9.17) is 4.74 Å². The number of carbonyl (C=O) groups excluding carboxylic acids is 1. The molecule has 0 unspecified atom stereocenters. The van der Waals surface area contributed by atoms with Crippen LogP contribution in [0.15, 0.2) is 60.7 Å². The molecule has 1 amide bonds. The maximum absolute atomic E-state index is 12.2. The van der Waals surface area contributed by atoms with Crippen molar-refractivity contribution in [2.75, 3.05) is 6.54 Å². The van der Waals surface area contributed by atoms with Crippen LogP contribution in [0.25, 0.3) is 0 Å². The molecule has 5 heteroatoms. The molecule has 0 heterocycles. The number of carbonyl (C=O) groups is 1. The Bertz CT molecular complexity index is 684. The zero-order valence-electron chi connectivity index (χ0n) is 16.3. The Balaban J connectivity index is 1.95. The van der Waals surface area contributed by atoms with Crippen molar-refractivity contribution in [3.63, 3.8) is 0 Å². The van der Waals surface area contributed by atoms with Crippen molar-refractivity contribution in [3.05, 3.63) is 71.8 Å². The molecule has 2 atom stereocenters. The van der Waals surface area contributed by atoms with Gasteiger partial charge in [-0.3, -0.25) is 0 Å². The van der Waals surface area contributed by atoms with Crippen molar-refractivity contribution in [2.45, 2.75) is 51.5 Å². The third-order valence-electron chi connectivity index (χ3n) is 3.99. The van der Waals surface area contributed by atoms with Crippen LogP contribution in [0, 0.1) is 0 Å². The molecule has 0 aliphatic carbocycles. The van der Waals surface area contributed by atoms with Crippen molar-refractivity contribution in [1.82, 2.24) is 10.6 Å². The Morgan fingerprint density at radius 2 is 1.56 bits per heavy atom. The predicted octanol–water partition coefficient (Wildman–Crippen LogP) is 3.27. The first-order valence-corrected chi connectivity index (χ1v) is 9.29. The van der Waals surface area contributed by atoms with E-state index in [1.807, 2.05) is 81.4 Å². The van der Waals surface area contributed by atoms with Gasteiger partial charge in [0, 0.05) is 13.1 Å². The molecular formula is C22H30N2O3. The van der Waals surface area contributed by atoms with E-state index in [0.29, 0.717) is 19.5 Å². The Hall–Kier alpha value is -2.37. The molecule has 0 bridgehead atoms. The summed E-state index contributed by atoms with van der Waals surface area (Å²) in [7, 11) is 0. The normalized spacial score (nSPS) is 13.6. The minimum atomic E-state index is -0.749. The fourth-order valence-electron chi connectivity index (χ4n) is 2.71. The number of hydrogen-bond acceptors (Lipinski definition) is 4. The lowest BCUT2D eigenvalue weighted by Gasteiger charge is -2.27. The van der Waals surface area contributed by atoms with E-state index in [2.05, 4.69) is 10.6 Å². The van der Waals surface area contributed by atoms with Crippen molar-refractivity contribution in [1.29, 1.82) is 0 Å². The molecule has 0 aliphatic heterocycles. The molecule has 0 saturated heterocycles. The second kappa shape index (κ2) is 10.1. The molecule has 2 aromatic carbocycles. The zero-order valence-corrected chi connectivity index (χ0v) is 16.3. The van der Waals surface area contributed by atoms with E-state index in [0.717, 1.165) is 11.1 Å². The first kappa shape index (κ1) is 20.9. The van der Waals surface area contributed by atoms with E-state index in [1.165, 1.54) is 0 Å². The van der Waals surface area contributed by atoms with Gasteiger partial charge in [0.25, 0.3) is 0 Å². The number of ether oxygens (including phenoxy) is 1. The van der Waals surface area contributed by atoms with Crippen molar-refractivity contribution < 1.29 is 14.6 Å². The summed E-state index contributed by atoms with van der Waals surface area (Å²) in [5.41, 5.74) is 1.60. The molecule has 0 fully saturated rings. The molecule has 0 aliphatic rings. The highest BCUT2D eigenvalue weighted by molar-refractivity contribution is 5.68. The Labute approximate surface area is 161 Å². The van der Waals surface area contributed by atoms with Crippen LogP contribution in [0.5, 0.6) is 0 Å². The number of nitrogens with one attached hydrogen (secondary N) is 2. The largest absolute Gasteiger partial charge is 0.444 e. The lowest BCUT2D eigenvalue weighted by atomic mass is 10.0. The number of aliphatic hydroxyl groups excluding tert-OH is 1. The Kier molecular flexibility index (Phi) is 7.82. The van der Waals surface area contributed by atoms with Gasteiger partial charge in [-0.25, -0.2) is 4.79 Å². The van der Waals surface area contributed by atoms with E-state index in [1.54, 1.807) is 0 Å².